The number of nitrogens with zero attached hydrogens (tertiary/aromatic N) is 7. The van der Waals surface area contributed by atoms with Crippen molar-refractivity contribution in [2.75, 3.05) is 18.0 Å². The van der Waals surface area contributed by atoms with Crippen LogP contribution < -0.4 is 9.64 Å². The molecule has 6 heterocycles. The van der Waals surface area contributed by atoms with E-state index in [1.807, 2.05) is 18.2 Å². The van der Waals surface area contributed by atoms with Gasteiger partial charge in [0.15, 0.2) is 10.8 Å². The number of anilines is 1. The normalized spacial score (nSPS) is 14.0. The van der Waals surface area contributed by atoms with Crippen LogP contribution in [0.4, 0.5) is 5.82 Å². The number of nitrogens with one attached hydrogen (secondary N) is 1. The molecule has 0 spiro atoms. The molecule has 0 unspecified atom stereocenters. The van der Waals surface area contributed by atoms with E-state index in [0.29, 0.717) is 28.9 Å². The second kappa shape index (κ2) is 8.69. The highest BCUT2D eigenvalue weighted by molar-refractivity contribution is 7.99. The van der Waals surface area contributed by atoms with E-state index in [1.54, 1.807) is 31.0 Å². The lowest BCUT2D eigenvalue weighted by molar-refractivity contribution is 0.166. The van der Waals surface area contributed by atoms with E-state index in [1.165, 1.54) is 11.8 Å². The van der Waals surface area contributed by atoms with Crippen LogP contribution in [0.15, 0.2) is 59.2 Å². The number of aromatic amines is 1. The van der Waals surface area contributed by atoms with Crippen molar-refractivity contribution in [3.05, 3.63) is 59.9 Å². The summed E-state index contributed by atoms with van der Waals surface area (Å²) in [5, 5.41) is 2.11. The molecular weight excluding hydrogens is 472 g/mol. The molecule has 1 N–H and O–H groups in total. The van der Waals surface area contributed by atoms with Gasteiger partial charge in [-0.2, -0.15) is 0 Å². The van der Waals surface area contributed by atoms with E-state index in [2.05, 4.69) is 36.7 Å². The van der Waals surface area contributed by atoms with Gasteiger partial charge in [-0.3, -0.25) is 9.97 Å². The summed E-state index contributed by atoms with van der Waals surface area (Å²) in [7, 11) is 0. The molecule has 11 heteroatoms. The maximum Gasteiger partial charge on any atom is 0.196 e. The fourth-order valence-corrected chi connectivity index (χ4v) is 4.99. The third kappa shape index (κ3) is 3.88. The van der Waals surface area contributed by atoms with Crippen LogP contribution in [0, 0.1) is 0 Å². The molecule has 9 nitrogen and oxygen atoms in total. The van der Waals surface area contributed by atoms with E-state index < -0.39 is 0 Å². The summed E-state index contributed by atoms with van der Waals surface area (Å²) in [5.41, 5.74) is 3.00. The molecule has 1 aliphatic rings. The molecule has 0 radical (unpaired) electrons. The molecular formula is C23H19ClN8OS. The van der Waals surface area contributed by atoms with Gasteiger partial charge in [0.1, 0.15) is 28.8 Å². The number of fused-ring (bicyclic) bond motifs is 2. The second-order valence-electron chi connectivity index (χ2n) is 7.83. The highest BCUT2D eigenvalue weighted by Crippen LogP contribution is 2.38. The zero-order chi connectivity index (χ0) is 23.1. The summed E-state index contributed by atoms with van der Waals surface area (Å²) in [4.78, 5) is 33.1. The van der Waals surface area contributed by atoms with Gasteiger partial charge in [-0.1, -0.05) is 18.5 Å². The molecule has 6 rings (SSSR count). The van der Waals surface area contributed by atoms with Gasteiger partial charge in [0.05, 0.1) is 29.7 Å². The number of H-pyrrole nitrogens is 1. The van der Waals surface area contributed by atoms with Crippen LogP contribution in [0.25, 0.3) is 22.2 Å². The number of aryl methyl sites for hydroxylation is 1. The minimum Gasteiger partial charge on any atom is -0.485 e. The molecule has 0 aliphatic carbocycles. The van der Waals surface area contributed by atoms with Crippen LogP contribution in [-0.4, -0.2) is 54.1 Å². The zero-order valence-electron chi connectivity index (χ0n) is 18.1. The highest BCUT2D eigenvalue weighted by Gasteiger charge is 2.33. The largest absolute Gasteiger partial charge is 0.485 e. The minimum atomic E-state index is 0.0527. The van der Waals surface area contributed by atoms with Crippen molar-refractivity contribution < 1.29 is 4.74 Å². The summed E-state index contributed by atoms with van der Waals surface area (Å²) in [5.74, 6) is 1.56. The first-order valence-corrected chi connectivity index (χ1v) is 12.0. The Morgan fingerprint density at radius 1 is 1.15 bits per heavy atom. The van der Waals surface area contributed by atoms with Gasteiger partial charge < -0.3 is 14.6 Å². The van der Waals surface area contributed by atoms with E-state index in [9.17, 15) is 0 Å². The Labute approximate surface area is 204 Å². The third-order valence-electron chi connectivity index (χ3n) is 5.57. The Bertz CT molecular complexity index is 1490. The van der Waals surface area contributed by atoms with Crippen molar-refractivity contribution in [3.63, 3.8) is 0 Å². The maximum atomic E-state index is 6.72. The Kier molecular flexibility index (Phi) is 5.39. The fourth-order valence-electron chi connectivity index (χ4n) is 3.88. The molecule has 1 aliphatic heterocycles. The topological polar surface area (TPSA) is 106 Å². The number of pyridine rings is 2. The number of rotatable bonds is 6. The Balaban J connectivity index is 1.32. The van der Waals surface area contributed by atoms with Crippen LogP contribution in [0.3, 0.4) is 0 Å². The molecule has 5 aromatic heterocycles. The van der Waals surface area contributed by atoms with Crippen molar-refractivity contribution >= 4 is 51.4 Å². The number of hydrogen-bond donors (Lipinski definition) is 1. The summed E-state index contributed by atoms with van der Waals surface area (Å²) in [6.45, 7) is 3.45. The van der Waals surface area contributed by atoms with Gasteiger partial charge >= 0.3 is 0 Å². The van der Waals surface area contributed by atoms with Crippen molar-refractivity contribution in [2.24, 2.45) is 0 Å². The molecule has 1 saturated heterocycles. The number of halogens is 1. The molecule has 1 fully saturated rings. The average molecular weight is 491 g/mol. The predicted molar refractivity (Wildman–Crippen MR) is 131 cm³/mol. The smallest absolute Gasteiger partial charge is 0.196 e. The van der Waals surface area contributed by atoms with Crippen molar-refractivity contribution in [3.8, 4) is 5.75 Å². The molecule has 5 aromatic rings. The van der Waals surface area contributed by atoms with E-state index in [0.717, 1.165) is 45.1 Å². The average Bonchev–Trinajstić information content (AvgIpc) is 3.17. The molecule has 0 amide bonds. The molecule has 0 bridgehead atoms. The Hall–Kier alpha value is -3.50. The first-order valence-electron chi connectivity index (χ1n) is 10.8. The Morgan fingerprint density at radius 2 is 2.03 bits per heavy atom. The number of ether oxygens (including phenoxy) is 1. The summed E-state index contributed by atoms with van der Waals surface area (Å²) in [6.07, 6.45) is 9.32. The fraction of sp³-hybridized carbons (Fsp3) is 0.217. The molecule has 170 valence electrons. The van der Waals surface area contributed by atoms with Gasteiger partial charge in [0.2, 0.25) is 0 Å². The monoisotopic (exact) mass is 490 g/mol. The summed E-state index contributed by atoms with van der Waals surface area (Å²) in [6, 6.07) is 5.71. The molecule has 34 heavy (non-hydrogen) atoms. The number of aromatic nitrogens is 7. The first-order chi connectivity index (χ1) is 16.7. The highest BCUT2D eigenvalue weighted by atomic mass is 35.5. The predicted octanol–water partition coefficient (Wildman–Crippen LogP) is 4.33. The van der Waals surface area contributed by atoms with Crippen LogP contribution >= 0.6 is 23.4 Å². The lowest BCUT2D eigenvalue weighted by atomic mass is 10.1. The van der Waals surface area contributed by atoms with Gasteiger partial charge in [0, 0.05) is 35.4 Å². The van der Waals surface area contributed by atoms with Crippen LogP contribution in [0.1, 0.15) is 12.6 Å². The first kappa shape index (κ1) is 21.1. The lowest BCUT2D eigenvalue weighted by Gasteiger charge is -2.40. The second-order valence-corrected chi connectivity index (χ2v) is 9.25. The summed E-state index contributed by atoms with van der Waals surface area (Å²) < 4.78 is 6.02. The van der Waals surface area contributed by atoms with E-state index in [-0.39, 0.29) is 6.10 Å². The SMILES string of the molecule is CCc1[nH]c2nc(Sc3cnc4nccnc4c3)nc(N3CC(Oc4cccnc4)C3)c2c1Cl. The van der Waals surface area contributed by atoms with Crippen LogP contribution in [-0.2, 0) is 6.42 Å². The number of hydrogen-bond acceptors (Lipinski definition) is 9. The quantitative estimate of drug-likeness (QED) is 0.348. The molecule has 0 atom stereocenters. The molecule has 0 saturated carbocycles. The van der Waals surface area contributed by atoms with Gasteiger partial charge in [-0.25, -0.2) is 19.9 Å². The van der Waals surface area contributed by atoms with Crippen LogP contribution in [0.2, 0.25) is 5.02 Å². The molecule has 0 aromatic carbocycles. The van der Waals surface area contributed by atoms with Gasteiger partial charge in [-0.05, 0) is 36.4 Å². The standard InChI is InChI=1S/C23H19ClN8OS/c1-2-16-19(24)18-21(29-16)30-23(34-15-8-17-20(28-10-15)27-7-6-26-17)31-22(18)32-11-14(12-32)33-13-4-3-5-25-9-13/h3-10,14H,2,11-12H2,1H3,(H,29,30,31). The van der Waals surface area contributed by atoms with E-state index >= 15 is 0 Å². The third-order valence-corrected chi connectivity index (χ3v) is 6.81. The van der Waals surface area contributed by atoms with Gasteiger partial charge in [-0.15, -0.1) is 0 Å². The van der Waals surface area contributed by atoms with Crippen LogP contribution in [0.5, 0.6) is 5.75 Å². The maximum absolute atomic E-state index is 6.72. The van der Waals surface area contributed by atoms with Gasteiger partial charge in [0.25, 0.3) is 0 Å². The van der Waals surface area contributed by atoms with Crippen molar-refractivity contribution in [1.82, 2.24) is 34.9 Å². The lowest BCUT2D eigenvalue weighted by Crippen LogP contribution is -2.54. The zero-order valence-corrected chi connectivity index (χ0v) is 19.7. The minimum absolute atomic E-state index is 0.0527. The Morgan fingerprint density at radius 3 is 2.85 bits per heavy atom. The summed E-state index contributed by atoms with van der Waals surface area (Å²) >= 11 is 8.15. The van der Waals surface area contributed by atoms with E-state index in [4.69, 9.17) is 26.3 Å². The van der Waals surface area contributed by atoms with Crippen molar-refractivity contribution in [1.29, 1.82) is 0 Å². The van der Waals surface area contributed by atoms with Crippen molar-refractivity contribution in [2.45, 2.75) is 29.5 Å².